The molecule has 0 fully saturated rings. The first-order valence-electron chi connectivity index (χ1n) is 6.05. The van der Waals surface area contributed by atoms with Crippen LogP contribution in [0.25, 0.3) is 0 Å². The predicted molar refractivity (Wildman–Crippen MR) is 81.9 cm³/mol. The van der Waals surface area contributed by atoms with E-state index >= 15 is 0 Å². The van der Waals surface area contributed by atoms with Crippen molar-refractivity contribution in [1.82, 2.24) is 0 Å². The van der Waals surface area contributed by atoms with Gasteiger partial charge in [0.15, 0.2) is 5.78 Å². The summed E-state index contributed by atoms with van der Waals surface area (Å²) in [6.07, 6.45) is 0. The molecule has 0 aliphatic carbocycles. The molecule has 2 N–H and O–H groups in total. The Hall–Kier alpha value is -1.71. The Kier molecular flexibility index (Phi) is 4.53. The third-order valence-corrected chi connectivity index (χ3v) is 3.56. The van der Waals surface area contributed by atoms with Crippen molar-refractivity contribution in [3.8, 4) is 5.75 Å². The highest BCUT2D eigenvalue weighted by Gasteiger charge is 2.13. The fourth-order valence-corrected chi connectivity index (χ4v) is 2.11. The van der Waals surface area contributed by atoms with Crippen molar-refractivity contribution in [2.24, 2.45) is 0 Å². The molecule has 2 aromatic carbocycles. The summed E-state index contributed by atoms with van der Waals surface area (Å²) in [4.78, 5) is 12.3. The van der Waals surface area contributed by atoms with Gasteiger partial charge in [-0.25, -0.2) is 0 Å². The van der Waals surface area contributed by atoms with Gasteiger partial charge in [-0.05, 0) is 43.3 Å². The van der Waals surface area contributed by atoms with Gasteiger partial charge in [-0.2, -0.15) is 0 Å². The Morgan fingerprint density at radius 3 is 2.35 bits per heavy atom. The summed E-state index contributed by atoms with van der Waals surface area (Å²) in [7, 11) is 0. The van der Waals surface area contributed by atoms with Crippen LogP contribution < -0.4 is 10.5 Å². The van der Waals surface area contributed by atoms with Crippen LogP contribution in [0.2, 0.25) is 10.0 Å². The Morgan fingerprint density at radius 2 is 1.80 bits per heavy atom. The van der Waals surface area contributed by atoms with Crippen LogP contribution in [0.15, 0.2) is 36.4 Å². The molecule has 104 valence electrons. The van der Waals surface area contributed by atoms with Gasteiger partial charge in [-0.1, -0.05) is 23.2 Å². The van der Waals surface area contributed by atoms with Crippen molar-refractivity contribution < 1.29 is 9.53 Å². The molecule has 0 aliphatic rings. The summed E-state index contributed by atoms with van der Waals surface area (Å²) < 4.78 is 5.33. The second-order valence-corrected chi connectivity index (χ2v) is 4.93. The lowest BCUT2D eigenvalue weighted by atomic mass is 10.0. The standard InChI is InChI=1S/C15H13Cl2NO2/c1-2-20-11-5-3-9(4-6-11)15(19)10-7-12(16)14(17)13(18)8-10/h3-8H,2,18H2,1H3. The number of nitrogen functional groups attached to an aromatic ring is 1. The van der Waals surface area contributed by atoms with Gasteiger partial charge in [0.1, 0.15) is 5.75 Å². The van der Waals surface area contributed by atoms with E-state index in [1.807, 2.05) is 6.92 Å². The highest BCUT2D eigenvalue weighted by molar-refractivity contribution is 6.44. The number of benzene rings is 2. The number of halogens is 2. The van der Waals surface area contributed by atoms with Gasteiger partial charge in [-0.3, -0.25) is 4.79 Å². The topological polar surface area (TPSA) is 52.3 Å². The molecule has 20 heavy (non-hydrogen) atoms. The summed E-state index contributed by atoms with van der Waals surface area (Å²) in [6.45, 7) is 2.48. The van der Waals surface area contributed by atoms with Crippen LogP contribution in [0.3, 0.4) is 0 Å². The van der Waals surface area contributed by atoms with E-state index in [0.29, 0.717) is 17.7 Å². The maximum absolute atomic E-state index is 12.3. The minimum atomic E-state index is -0.168. The minimum Gasteiger partial charge on any atom is -0.494 e. The Bertz CT molecular complexity index is 616. The smallest absolute Gasteiger partial charge is 0.193 e. The number of ketones is 1. The number of ether oxygens (including phenoxy) is 1. The van der Waals surface area contributed by atoms with Gasteiger partial charge < -0.3 is 10.5 Å². The van der Waals surface area contributed by atoms with Crippen LogP contribution in [-0.2, 0) is 0 Å². The SMILES string of the molecule is CCOc1ccc(C(=O)c2cc(N)c(Cl)c(Cl)c2)cc1. The molecule has 0 aromatic heterocycles. The number of rotatable bonds is 4. The van der Waals surface area contributed by atoms with Gasteiger partial charge >= 0.3 is 0 Å². The molecule has 5 heteroatoms. The van der Waals surface area contributed by atoms with Crippen LogP contribution in [0.1, 0.15) is 22.8 Å². The van der Waals surface area contributed by atoms with Crippen molar-refractivity contribution in [3.63, 3.8) is 0 Å². The van der Waals surface area contributed by atoms with Crippen LogP contribution in [0, 0.1) is 0 Å². The fraction of sp³-hybridized carbons (Fsp3) is 0.133. The summed E-state index contributed by atoms with van der Waals surface area (Å²) in [5.41, 5.74) is 6.94. The summed E-state index contributed by atoms with van der Waals surface area (Å²) in [5.74, 6) is 0.552. The van der Waals surface area contributed by atoms with Crippen molar-refractivity contribution >= 4 is 34.7 Å². The number of nitrogens with two attached hydrogens (primary N) is 1. The lowest BCUT2D eigenvalue weighted by Crippen LogP contribution is -2.03. The third-order valence-electron chi connectivity index (χ3n) is 2.75. The van der Waals surface area contributed by atoms with Crippen LogP contribution >= 0.6 is 23.2 Å². The molecule has 2 rings (SSSR count). The van der Waals surface area contributed by atoms with Gasteiger partial charge in [0.25, 0.3) is 0 Å². The molecular formula is C15H13Cl2NO2. The molecule has 0 amide bonds. The maximum Gasteiger partial charge on any atom is 0.193 e. The van der Waals surface area contributed by atoms with E-state index in [9.17, 15) is 4.79 Å². The van der Waals surface area contributed by atoms with E-state index in [1.165, 1.54) is 12.1 Å². The summed E-state index contributed by atoms with van der Waals surface area (Å²) >= 11 is 11.8. The lowest BCUT2D eigenvalue weighted by molar-refractivity contribution is 0.103. The minimum absolute atomic E-state index is 0.168. The first-order valence-corrected chi connectivity index (χ1v) is 6.80. The van der Waals surface area contributed by atoms with Gasteiger partial charge in [0, 0.05) is 11.1 Å². The molecule has 0 aliphatic heterocycles. The van der Waals surface area contributed by atoms with Crippen molar-refractivity contribution in [2.75, 3.05) is 12.3 Å². The molecule has 0 atom stereocenters. The van der Waals surface area contributed by atoms with E-state index in [2.05, 4.69) is 0 Å². The molecule has 0 saturated heterocycles. The molecule has 3 nitrogen and oxygen atoms in total. The van der Waals surface area contributed by atoms with E-state index in [0.717, 1.165) is 5.75 Å². The van der Waals surface area contributed by atoms with Crippen molar-refractivity contribution in [1.29, 1.82) is 0 Å². The highest BCUT2D eigenvalue weighted by Crippen LogP contribution is 2.30. The number of anilines is 1. The second-order valence-electron chi connectivity index (χ2n) is 4.15. The molecule has 2 aromatic rings. The number of carbonyl (C=O) groups is 1. The average molecular weight is 310 g/mol. The molecule has 0 unspecified atom stereocenters. The normalized spacial score (nSPS) is 10.3. The molecule has 0 saturated carbocycles. The third kappa shape index (κ3) is 3.06. The Labute approximate surface area is 127 Å². The summed E-state index contributed by atoms with van der Waals surface area (Å²) in [5, 5.41) is 0.524. The van der Waals surface area contributed by atoms with Crippen LogP contribution in [0.4, 0.5) is 5.69 Å². The van der Waals surface area contributed by atoms with E-state index in [4.69, 9.17) is 33.7 Å². The fourth-order valence-electron chi connectivity index (χ4n) is 1.78. The van der Waals surface area contributed by atoms with Gasteiger partial charge in [-0.15, -0.1) is 0 Å². The highest BCUT2D eigenvalue weighted by atomic mass is 35.5. The zero-order chi connectivity index (χ0) is 14.7. The quantitative estimate of drug-likeness (QED) is 0.680. The lowest BCUT2D eigenvalue weighted by Gasteiger charge is -2.07. The first kappa shape index (κ1) is 14.7. The molecule has 0 bridgehead atoms. The first-order chi connectivity index (χ1) is 9.52. The van der Waals surface area contributed by atoms with E-state index in [1.54, 1.807) is 24.3 Å². The van der Waals surface area contributed by atoms with Gasteiger partial charge in [0.2, 0.25) is 0 Å². The van der Waals surface area contributed by atoms with E-state index in [-0.39, 0.29) is 21.5 Å². The zero-order valence-corrected chi connectivity index (χ0v) is 12.3. The van der Waals surface area contributed by atoms with Gasteiger partial charge in [0.05, 0.1) is 22.3 Å². The molecule has 0 spiro atoms. The number of hydrogen-bond donors (Lipinski definition) is 1. The van der Waals surface area contributed by atoms with Crippen LogP contribution in [-0.4, -0.2) is 12.4 Å². The van der Waals surface area contributed by atoms with E-state index < -0.39 is 0 Å². The maximum atomic E-state index is 12.3. The zero-order valence-electron chi connectivity index (χ0n) is 10.8. The average Bonchev–Trinajstić information content (AvgIpc) is 2.44. The Morgan fingerprint density at radius 1 is 1.15 bits per heavy atom. The Balaban J connectivity index is 2.31. The second kappa shape index (κ2) is 6.16. The monoisotopic (exact) mass is 309 g/mol. The molecule has 0 radical (unpaired) electrons. The molecule has 0 heterocycles. The number of carbonyl (C=O) groups excluding carboxylic acids is 1. The summed E-state index contributed by atoms with van der Waals surface area (Å²) in [6, 6.07) is 9.93. The molecular weight excluding hydrogens is 297 g/mol. The van der Waals surface area contributed by atoms with Crippen molar-refractivity contribution in [2.45, 2.75) is 6.92 Å². The predicted octanol–water partition coefficient (Wildman–Crippen LogP) is 4.21. The van der Waals surface area contributed by atoms with Crippen molar-refractivity contribution in [3.05, 3.63) is 57.6 Å². The van der Waals surface area contributed by atoms with Crippen LogP contribution in [0.5, 0.6) is 5.75 Å². The largest absolute Gasteiger partial charge is 0.494 e. The number of hydrogen-bond acceptors (Lipinski definition) is 3.